The minimum absolute atomic E-state index is 0.319. The van der Waals surface area contributed by atoms with Gasteiger partial charge in [-0.05, 0) is 43.9 Å². The molecule has 2 aromatic rings. The highest BCUT2D eigenvalue weighted by molar-refractivity contribution is 5.97. The molecule has 4 heteroatoms. The third-order valence-corrected chi connectivity index (χ3v) is 6.23. The Kier molecular flexibility index (Phi) is 5.29. The lowest BCUT2D eigenvalue weighted by Crippen LogP contribution is -2.19. The number of ether oxygens (including phenoxy) is 2. The van der Waals surface area contributed by atoms with E-state index in [1.807, 2.05) is 26.0 Å². The van der Waals surface area contributed by atoms with Crippen LogP contribution in [0.15, 0.2) is 24.3 Å². The second kappa shape index (κ2) is 7.69. The molecule has 0 radical (unpaired) electrons. The van der Waals surface area contributed by atoms with Gasteiger partial charge in [-0.2, -0.15) is 0 Å². The van der Waals surface area contributed by atoms with Gasteiger partial charge in [-0.3, -0.25) is 0 Å². The van der Waals surface area contributed by atoms with E-state index in [9.17, 15) is 10.2 Å². The Balaban J connectivity index is 1.83. The first-order chi connectivity index (χ1) is 13.1. The van der Waals surface area contributed by atoms with Crippen molar-refractivity contribution in [3.63, 3.8) is 0 Å². The van der Waals surface area contributed by atoms with Crippen molar-refractivity contribution in [2.45, 2.75) is 70.0 Å². The molecule has 0 heterocycles. The number of hydrogen-bond donors (Lipinski definition) is 2. The van der Waals surface area contributed by atoms with Crippen molar-refractivity contribution in [3.05, 3.63) is 35.4 Å². The van der Waals surface area contributed by atoms with E-state index < -0.39 is 12.2 Å². The van der Waals surface area contributed by atoms with Crippen molar-refractivity contribution in [1.29, 1.82) is 0 Å². The van der Waals surface area contributed by atoms with E-state index in [1.54, 1.807) is 0 Å². The van der Waals surface area contributed by atoms with Crippen molar-refractivity contribution < 1.29 is 19.7 Å². The smallest absolute Gasteiger partial charge is 0.131 e. The Labute approximate surface area is 161 Å². The maximum Gasteiger partial charge on any atom is 0.131 e. The van der Waals surface area contributed by atoms with Gasteiger partial charge in [0.05, 0.1) is 12.2 Å². The summed E-state index contributed by atoms with van der Waals surface area (Å²) in [6, 6.07) is 8.21. The van der Waals surface area contributed by atoms with Gasteiger partial charge in [-0.15, -0.1) is 0 Å². The van der Waals surface area contributed by atoms with Crippen LogP contribution in [0.3, 0.4) is 0 Å². The van der Waals surface area contributed by atoms with Gasteiger partial charge >= 0.3 is 0 Å². The summed E-state index contributed by atoms with van der Waals surface area (Å²) >= 11 is 0. The van der Waals surface area contributed by atoms with Crippen LogP contribution in [0, 0.1) is 0 Å². The van der Waals surface area contributed by atoms with Crippen LogP contribution in [-0.4, -0.2) is 35.6 Å². The van der Waals surface area contributed by atoms with Gasteiger partial charge in [0.15, 0.2) is 0 Å². The highest BCUT2D eigenvalue weighted by Crippen LogP contribution is 2.61. The Morgan fingerprint density at radius 1 is 0.852 bits per heavy atom. The lowest BCUT2D eigenvalue weighted by molar-refractivity contribution is 0.102. The molecule has 27 heavy (non-hydrogen) atoms. The maximum absolute atomic E-state index is 10.0. The highest BCUT2D eigenvalue weighted by Gasteiger charge is 2.42. The van der Waals surface area contributed by atoms with Crippen LogP contribution >= 0.6 is 0 Å². The molecule has 4 atom stereocenters. The van der Waals surface area contributed by atoms with E-state index in [0.717, 1.165) is 28.7 Å². The quantitative estimate of drug-likeness (QED) is 0.718. The van der Waals surface area contributed by atoms with Crippen LogP contribution in [0.25, 0.3) is 10.8 Å². The van der Waals surface area contributed by atoms with Crippen LogP contribution in [0.4, 0.5) is 0 Å². The molecule has 4 rings (SSSR count). The lowest BCUT2D eigenvalue weighted by Gasteiger charge is -2.26. The largest absolute Gasteiger partial charge is 0.490 e. The molecule has 0 saturated heterocycles. The van der Waals surface area contributed by atoms with Gasteiger partial charge in [0.1, 0.15) is 24.7 Å². The first-order valence-electron chi connectivity index (χ1n) is 10.3. The Morgan fingerprint density at radius 3 is 1.70 bits per heavy atom. The summed E-state index contributed by atoms with van der Waals surface area (Å²) in [5.41, 5.74) is 2.57. The fourth-order valence-electron chi connectivity index (χ4n) is 4.64. The molecule has 2 N–H and O–H groups in total. The van der Waals surface area contributed by atoms with Crippen LogP contribution < -0.4 is 9.47 Å². The van der Waals surface area contributed by atoms with Gasteiger partial charge in [0.25, 0.3) is 0 Å². The van der Waals surface area contributed by atoms with Crippen LogP contribution in [-0.2, 0) is 0 Å². The third-order valence-electron chi connectivity index (χ3n) is 6.23. The minimum Gasteiger partial charge on any atom is -0.490 e. The summed E-state index contributed by atoms with van der Waals surface area (Å²) in [6.07, 6.45) is 4.01. The van der Waals surface area contributed by atoms with Gasteiger partial charge in [0.2, 0.25) is 0 Å². The standard InChI is InChI=1S/C23H30O4/c1-3-16(24)12-26-22-18-7-5-6-8-19(18)23(27-13-17(25)4-2)21-15-10-9-14(11-15)20(21)22/h5-8,14-17,24-25H,3-4,9-13H2,1-2H3. The number of fused-ring (bicyclic) bond motifs is 6. The topological polar surface area (TPSA) is 58.9 Å². The molecule has 2 aromatic carbocycles. The zero-order valence-corrected chi connectivity index (χ0v) is 16.3. The number of rotatable bonds is 8. The second-order valence-corrected chi connectivity index (χ2v) is 7.98. The van der Waals surface area contributed by atoms with Gasteiger partial charge in [0, 0.05) is 21.9 Å². The number of aliphatic hydroxyl groups excluding tert-OH is 2. The fraction of sp³-hybridized carbons (Fsp3) is 0.565. The average molecular weight is 370 g/mol. The molecule has 2 aliphatic rings. The van der Waals surface area contributed by atoms with Gasteiger partial charge in [-0.25, -0.2) is 0 Å². The minimum atomic E-state index is -0.450. The normalized spacial score (nSPS) is 22.7. The summed E-state index contributed by atoms with van der Waals surface area (Å²) in [6.45, 7) is 4.57. The molecular weight excluding hydrogens is 340 g/mol. The molecule has 4 nitrogen and oxygen atoms in total. The van der Waals surface area contributed by atoms with Gasteiger partial charge < -0.3 is 19.7 Å². The van der Waals surface area contributed by atoms with E-state index in [0.29, 0.717) is 37.9 Å². The molecular formula is C23H30O4. The maximum atomic E-state index is 10.0. The monoisotopic (exact) mass is 370 g/mol. The molecule has 0 aliphatic heterocycles. The molecule has 1 saturated carbocycles. The van der Waals surface area contributed by atoms with Crippen LogP contribution in [0.2, 0.25) is 0 Å². The Bertz CT molecular complexity index is 749. The SMILES string of the molecule is CCC(O)COc1c2c(c(OCC(O)CC)c3ccccc13)C1CCC2C1. The predicted molar refractivity (Wildman–Crippen MR) is 107 cm³/mol. The van der Waals surface area contributed by atoms with Gasteiger partial charge in [-0.1, -0.05) is 38.1 Å². The number of aliphatic hydroxyl groups is 2. The Morgan fingerprint density at radius 2 is 1.30 bits per heavy atom. The summed E-state index contributed by atoms with van der Waals surface area (Å²) in [4.78, 5) is 0. The molecule has 1 fully saturated rings. The first kappa shape index (κ1) is 18.6. The molecule has 0 amide bonds. The number of benzene rings is 2. The molecule has 146 valence electrons. The molecule has 4 unspecified atom stereocenters. The summed E-state index contributed by atoms with van der Waals surface area (Å²) < 4.78 is 12.4. The van der Waals surface area contributed by atoms with E-state index in [-0.39, 0.29) is 0 Å². The Hall–Kier alpha value is -1.78. The van der Waals surface area contributed by atoms with Crippen molar-refractivity contribution in [1.82, 2.24) is 0 Å². The third kappa shape index (κ3) is 3.30. The average Bonchev–Trinajstić information content (AvgIpc) is 3.32. The van der Waals surface area contributed by atoms with Crippen LogP contribution in [0.1, 0.15) is 68.9 Å². The van der Waals surface area contributed by atoms with Crippen molar-refractivity contribution in [2.75, 3.05) is 13.2 Å². The molecule has 0 aromatic heterocycles. The summed E-state index contributed by atoms with van der Waals surface area (Å²) in [7, 11) is 0. The van der Waals surface area contributed by atoms with E-state index in [4.69, 9.17) is 9.47 Å². The first-order valence-corrected chi connectivity index (χ1v) is 10.3. The fourth-order valence-corrected chi connectivity index (χ4v) is 4.64. The highest BCUT2D eigenvalue weighted by atomic mass is 16.5. The summed E-state index contributed by atoms with van der Waals surface area (Å²) in [5, 5.41) is 22.1. The van der Waals surface area contributed by atoms with E-state index >= 15 is 0 Å². The summed E-state index contributed by atoms with van der Waals surface area (Å²) in [5.74, 6) is 2.90. The number of hydrogen-bond acceptors (Lipinski definition) is 4. The molecule has 2 bridgehead atoms. The van der Waals surface area contributed by atoms with Crippen LogP contribution in [0.5, 0.6) is 11.5 Å². The second-order valence-electron chi connectivity index (χ2n) is 7.98. The van der Waals surface area contributed by atoms with Crippen molar-refractivity contribution in [2.24, 2.45) is 0 Å². The van der Waals surface area contributed by atoms with E-state index in [1.165, 1.54) is 24.0 Å². The zero-order chi connectivity index (χ0) is 19.0. The zero-order valence-electron chi connectivity index (χ0n) is 16.3. The molecule has 2 aliphatic carbocycles. The van der Waals surface area contributed by atoms with E-state index in [2.05, 4.69) is 12.1 Å². The predicted octanol–water partition coefficient (Wildman–Crippen LogP) is 4.50. The molecule has 0 spiro atoms. The van der Waals surface area contributed by atoms with Crippen molar-refractivity contribution >= 4 is 10.8 Å². The lowest BCUT2D eigenvalue weighted by atomic mass is 9.87. The van der Waals surface area contributed by atoms with Crippen molar-refractivity contribution in [3.8, 4) is 11.5 Å².